The molecule has 2 rings (SSSR count). The van der Waals surface area contributed by atoms with Gasteiger partial charge in [0.25, 0.3) is 0 Å². The van der Waals surface area contributed by atoms with Crippen molar-refractivity contribution in [2.24, 2.45) is 5.73 Å². The van der Waals surface area contributed by atoms with E-state index in [0.717, 1.165) is 28.2 Å². The van der Waals surface area contributed by atoms with Gasteiger partial charge in [0.15, 0.2) is 0 Å². The molecule has 4 heteroatoms. The number of benzene rings is 2. The van der Waals surface area contributed by atoms with Crippen LogP contribution in [-0.2, 0) is 6.42 Å². The second-order valence-electron chi connectivity index (χ2n) is 4.70. The van der Waals surface area contributed by atoms with Gasteiger partial charge in [-0.1, -0.05) is 42.4 Å². The largest absolute Gasteiger partial charge is 0.327 e. The van der Waals surface area contributed by atoms with Crippen LogP contribution in [0.5, 0.6) is 0 Å². The summed E-state index contributed by atoms with van der Waals surface area (Å²) in [5, 5.41) is 0.681. The van der Waals surface area contributed by atoms with E-state index in [-0.39, 0.29) is 11.9 Å². The first-order valence-electron chi connectivity index (χ1n) is 6.56. The van der Waals surface area contributed by atoms with Gasteiger partial charge in [-0.2, -0.15) is 0 Å². The van der Waals surface area contributed by atoms with Gasteiger partial charge >= 0.3 is 0 Å². The maximum atomic E-state index is 13.2. The van der Waals surface area contributed by atoms with E-state index >= 15 is 0 Å². The Balaban J connectivity index is 2.13. The lowest BCUT2D eigenvalue weighted by molar-refractivity contribution is 0.624. The minimum Gasteiger partial charge on any atom is -0.327 e. The molecule has 0 spiro atoms. The zero-order valence-corrected chi connectivity index (χ0v) is 12.8. The first-order valence-corrected chi connectivity index (χ1v) is 7.75. The quantitative estimate of drug-likeness (QED) is 0.849. The van der Waals surface area contributed by atoms with Crippen molar-refractivity contribution in [3.63, 3.8) is 0 Å². The molecule has 0 saturated carbocycles. The van der Waals surface area contributed by atoms with Gasteiger partial charge in [0, 0.05) is 15.8 Å². The Morgan fingerprint density at radius 1 is 1.25 bits per heavy atom. The zero-order valence-electron chi connectivity index (χ0n) is 11.3. The molecule has 0 amide bonds. The third kappa shape index (κ3) is 4.23. The number of hydrogen-bond donors (Lipinski definition) is 1. The van der Waals surface area contributed by atoms with Crippen LogP contribution in [0.4, 0.5) is 4.39 Å². The van der Waals surface area contributed by atoms with E-state index in [0.29, 0.717) is 5.02 Å². The van der Waals surface area contributed by atoms with Gasteiger partial charge < -0.3 is 5.73 Å². The van der Waals surface area contributed by atoms with E-state index in [4.69, 9.17) is 17.3 Å². The summed E-state index contributed by atoms with van der Waals surface area (Å²) in [5.41, 5.74) is 7.08. The van der Waals surface area contributed by atoms with Gasteiger partial charge in [-0.3, -0.25) is 0 Å². The van der Waals surface area contributed by atoms with Crippen molar-refractivity contribution in [2.75, 3.05) is 0 Å². The molecular formula is C16H17ClFNS. The predicted octanol–water partition coefficient (Wildman–Crippen LogP) is 4.91. The van der Waals surface area contributed by atoms with Crippen LogP contribution in [0, 0.1) is 5.82 Å². The SMILES string of the molecule is CCC(N)Cc1ccc(Sc2cccc(F)c2)c(Cl)c1. The van der Waals surface area contributed by atoms with Crippen molar-refractivity contribution < 1.29 is 4.39 Å². The van der Waals surface area contributed by atoms with E-state index in [2.05, 4.69) is 6.92 Å². The van der Waals surface area contributed by atoms with Crippen LogP contribution in [0.2, 0.25) is 5.02 Å². The lowest BCUT2D eigenvalue weighted by Crippen LogP contribution is -2.21. The van der Waals surface area contributed by atoms with Gasteiger partial charge in [-0.25, -0.2) is 4.39 Å². The Morgan fingerprint density at radius 2 is 2.05 bits per heavy atom. The number of hydrogen-bond acceptors (Lipinski definition) is 2. The van der Waals surface area contributed by atoms with E-state index in [9.17, 15) is 4.39 Å². The lowest BCUT2D eigenvalue weighted by atomic mass is 10.1. The molecular weight excluding hydrogens is 293 g/mol. The highest BCUT2D eigenvalue weighted by Crippen LogP contribution is 2.34. The third-order valence-electron chi connectivity index (χ3n) is 3.04. The molecule has 0 aliphatic carbocycles. The molecule has 0 bridgehead atoms. The fourth-order valence-electron chi connectivity index (χ4n) is 1.86. The summed E-state index contributed by atoms with van der Waals surface area (Å²) in [4.78, 5) is 1.76. The van der Waals surface area contributed by atoms with E-state index in [1.165, 1.54) is 23.9 Å². The lowest BCUT2D eigenvalue weighted by Gasteiger charge is -2.11. The number of halogens is 2. The standard InChI is InChI=1S/C16H17ClFNS/c1-2-13(19)8-11-6-7-16(15(17)9-11)20-14-5-3-4-12(18)10-14/h3-7,9-10,13H,2,8,19H2,1H3. The van der Waals surface area contributed by atoms with E-state index in [1.807, 2.05) is 24.3 Å². The molecule has 1 unspecified atom stereocenters. The predicted molar refractivity (Wildman–Crippen MR) is 83.9 cm³/mol. The summed E-state index contributed by atoms with van der Waals surface area (Å²) >= 11 is 7.75. The number of rotatable bonds is 5. The summed E-state index contributed by atoms with van der Waals surface area (Å²) in [7, 11) is 0. The van der Waals surface area contributed by atoms with Gasteiger partial charge in [0.1, 0.15) is 5.82 Å². The molecule has 106 valence electrons. The van der Waals surface area contributed by atoms with Crippen molar-refractivity contribution in [3.05, 3.63) is 58.9 Å². The Kier molecular flexibility index (Phi) is 5.46. The monoisotopic (exact) mass is 309 g/mol. The second kappa shape index (κ2) is 7.11. The van der Waals surface area contributed by atoms with Gasteiger partial charge in [-0.05, 0) is 48.7 Å². The molecule has 1 nitrogen and oxygen atoms in total. The van der Waals surface area contributed by atoms with Crippen LogP contribution in [-0.4, -0.2) is 6.04 Å². The van der Waals surface area contributed by atoms with E-state index in [1.54, 1.807) is 6.07 Å². The van der Waals surface area contributed by atoms with Crippen LogP contribution in [0.1, 0.15) is 18.9 Å². The molecule has 0 aromatic heterocycles. The Morgan fingerprint density at radius 3 is 2.70 bits per heavy atom. The summed E-state index contributed by atoms with van der Waals surface area (Å²) in [6, 6.07) is 12.6. The normalized spacial score (nSPS) is 12.4. The molecule has 0 fully saturated rings. The van der Waals surface area contributed by atoms with Crippen LogP contribution >= 0.6 is 23.4 Å². The second-order valence-corrected chi connectivity index (χ2v) is 6.22. The fourth-order valence-corrected chi connectivity index (χ4v) is 3.04. The molecule has 1 atom stereocenters. The third-order valence-corrected chi connectivity index (χ3v) is 4.53. The summed E-state index contributed by atoms with van der Waals surface area (Å²) in [5.74, 6) is -0.239. The fraction of sp³-hybridized carbons (Fsp3) is 0.250. The van der Waals surface area contributed by atoms with Crippen LogP contribution in [0.3, 0.4) is 0 Å². The van der Waals surface area contributed by atoms with Gasteiger partial charge in [-0.15, -0.1) is 0 Å². The average Bonchev–Trinajstić information content (AvgIpc) is 2.42. The maximum absolute atomic E-state index is 13.2. The van der Waals surface area contributed by atoms with E-state index < -0.39 is 0 Å². The van der Waals surface area contributed by atoms with Crippen LogP contribution in [0.15, 0.2) is 52.3 Å². The molecule has 0 saturated heterocycles. The molecule has 2 N–H and O–H groups in total. The molecule has 2 aromatic rings. The molecule has 0 aliphatic heterocycles. The highest BCUT2D eigenvalue weighted by Gasteiger charge is 2.07. The molecule has 0 heterocycles. The minimum atomic E-state index is -0.239. The van der Waals surface area contributed by atoms with Gasteiger partial charge in [0.2, 0.25) is 0 Å². The first kappa shape index (κ1) is 15.4. The Bertz CT molecular complexity index is 588. The van der Waals surface area contributed by atoms with Crippen molar-refractivity contribution in [1.29, 1.82) is 0 Å². The summed E-state index contributed by atoms with van der Waals surface area (Å²) < 4.78 is 13.2. The highest BCUT2D eigenvalue weighted by atomic mass is 35.5. The molecule has 2 aromatic carbocycles. The van der Waals surface area contributed by atoms with Crippen LogP contribution < -0.4 is 5.73 Å². The maximum Gasteiger partial charge on any atom is 0.124 e. The van der Waals surface area contributed by atoms with Crippen molar-refractivity contribution >= 4 is 23.4 Å². The smallest absolute Gasteiger partial charge is 0.124 e. The minimum absolute atomic E-state index is 0.160. The zero-order chi connectivity index (χ0) is 14.5. The van der Waals surface area contributed by atoms with Crippen molar-refractivity contribution in [1.82, 2.24) is 0 Å². The molecule has 20 heavy (non-hydrogen) atoms. The van der Waals surface area contributed by atoms with Gasteiger partial charge in [0.05, 0.1) is 5.02 Å². The first-order chi connectivity index (χ1) is 9.58. The molecule has 0 aliphatic rings. The average molecular weight is 310 g/mol. The number of nitrogens with two attached hydrogens (primary N) is 1. The van der Waals surface area contributed by atoms with Crippen LogP contribution in [0.25, 0.3) is 0 Å². The van der Waals surface area contributed by atoms with Crippen molar-refractivity contribution in [2.45, 2.75) is 35.6 Å². The summed E-state index contributed by atoms with van der Waals surface area (Å²) in [6.45, 7) is 2.07. The Labute approximate surface area is 128 Å². The summed E-state index contributed by atoms with van der Waals surface area (Å²) in [6.07, 6.45) is 1.76. The highest BCUT2D eigenvalue weighted by molar-refractivity contribution is 7.99. The molecule has 0 radical (unpaired) electrons. The van der Waals surface area contributed by atoms with Crippen molar-refractivity contribution in [3.8, 4) is 0 Å². The Hall–Kier alpha value is -1.03. The topological polar surface area (TPSA) is 26.0 Å².